The molecule has 8 nitrogen and oxygen atoms in total. The lowest BCUT2D eigenvalue weighted by Crippen LogP contribution is -2.50. The molecule has 4 aliphatic rings. The molecule has 2 amide bonds. The van der Waals surface area contributed by atoms with Crippen LogP contribution in [0.25, 0.3) is 0 Å². The van der Waals surface area contributed by atoms with E-state index in [1.54, 1.807) is 4.90 Å². The van der Waals surface area contributed by atoms with Crippen molar-refractivity contribution < 1.29 is 19.1 Å². The minimum absolute atomic E-state index is 0.0597. The molecule has 0 aromatic carbocycles. The van der Waals surface area contributed by atoms with Crippen molar-refractivity contribution in [2.75, 3.05) is 45.9 Å². The van der Waals surface area contributed by atoms with Crippen molar-refractivity contribution in [1.82, 2.24) is 15.1 Å². The lowest BCUT2D eigenvalue weighted by atomic mass is 9.66. The van der Waals surface area contributed by atoms with Crippen LogP contribution in [0.1, 0.15) is 64.2 Å². The van der Waals surface area contributed by atoms with E-state index < -0.39 is 12.2 Å². The monoisotopic (exact) mass is 460 g/mol. The Morgan fingerprint density at radius 1 is 1.12 bits per heavy atom. The summed E-state index contributed by atoms with van der Waals surface area (Å²) in [6, 6.07) is 2.24. The smallest absolute Gasteiger partial charge is 0.410 e. The standard InChI is InChI=1S/C25H40N4O4/c26-9-3-11-29(22-8-10-27-18-22)24(30)23(33-25(31)28-12-14-32-15-13-28)17-19-6-7-20-4-1-2-5-21(20)16-19/h19-23,27H,1-8,10-18H2. The van der Waals surface area contributed by atoms with Crippen LogP contribution in [0.2, 0.25) is 0 Å². The number of rotatable bonds is 7. The second-order valence-corrected chi connectivity index (χ2v) is 10.3. The molecule has 4 rings (SSSR count). The van der Waals surface area contributed by atoms with Gasteiger partial charge in [-0.25, -0.2) is 4.79 Å². The van der Waals surface area contributed by atoms with Crippen molar-refractivity contribution in [2.45, 2.75) is 76.4 Å². The van der Waals surface area contributed by atoms with Crippen molar-refractivity contribution in [2.24, 2.45) is 17.8 Å². The third kappa shape index (κ3) is 6.39. The zero-order valence-electron chi connectivity index (χ0n) is 19.9. The molecule has 5 atom stereocenters. The Bertz CT molecular complexity index is 699. The van der Waals surface area contributed by atoms with Gasteiger partial charge in [0.1, 0.15) is 0 Å². The van der Waals surface area contributed by atoms with Gasteiger partial charge < -0.3 is 24.6 Å². The number of hydrogen-bond acceptors (Lipinski definition) is 6. The van der Waals surface area contributed by atoms with Crippen molar-refractivity contribution in [3.8, 4) is 6.07 Å². The molecule has 1 N–H and O–H groups in total. The van der Waals surface area contributed by atoms with Gasteiger partial charge in [-0.05, 0) is 50.0 Å². The van der Waals surface area contributed by atoms with Crippen LogP contribution >= 0.6 is 0 Å². The second-order valence-electron chi connectivity index (χ2n) is 10.3. The van der Waals surface area contributed by atoms with Crippen molar-refractivity contribution in [3.63, 3.8) is 0 Å². The van der Waals surface area contributed by atoms with E-state index in [1.807, 2.05) is 4.90 Å². The highest BCUT2D eigenvalue weighted by atomic mass is 16.6. The van der Waals surface area contributed by atoms with Crippen LogP contribution in [0.15, 0.2) is 0 Å². The molecule has 0 bridgehead atoms. The number of nitriles is 1. The first kappa shape index (κ1) is 24.3. The summed E-state index contributed by atoms with van der Waals surface area (Å²) in [7, 11) is 0. The molecular weight excluding hydrogens is 420 g/mol. The molecule has 0 aromatic rings. The van der Waals surface area contributed by atoms with Gasteiger partial charge >= 0.3 is 6.09 Å². The molecule has 2 heterocycles. The highest BCUT2D eigenvalue weighted by molar-refractivity contribution is 5.84. The molecule has 0 spiro atoms. The first-order valence-electron chi connectivity index (χ1n) is 13.1. The number of hydrogen-bond donors (Lipinski definition) is 1. The summed E-state index contributed by atoms with van der Waals surface area (Å²) in [5, 5.41) is 12.5. The molecular formula is C25H40N4O4. The Balaban J connectivity index is 1.46. The summed E-state index contributed by atoms with van der Waals surface area (Å²) in [5.41, 5.74) is 0. The minimum Gasteiger partial charge on any atom is -0.436 e. The Morgan fingerprint density at radius 3 is 2.64 bits per heavy atom. The highest BCUT2D eigenvalue weighted by Crippen LogP contribution is 2.44. The lowest BCUT2D eigenvalue weighted by Gasteiger charge is -2.40. The van der Waals surface area contributed by atoms with Crippen LogP contribution in [-0.4, -0.2) is 79.9 Å². The number of fused-ring (bicyclic) bond motifs is 1. The molecule has 5 unspecified atom stereocenters. The Morgan fingerprint density at radius 2 is 1.91 bits per heavy atom. The van der Waals surface area contributed by atoms with Crippen molar-refractivity contribution in [1.29, 1.82) is 5.26 Å². The van der Waals surface area contributed by atoms with Crippen molar-refractivity contribution in [3.05, 3.63) is 0 Å². The molecule has 184 valence electrons. The number of nitrogens with one attached hydrogen (secondary N) is 1. The Labute approximate surface area is 197 Å². The number of nitrogens with zero attached hydrogens (tertiary/aromatic N) is 3. The van der Waals surface area contributed by atoms with Gasteiger partial charge in [-0.2, -0.15) is 5.26 Å². The topological polar surface area (TPSA) is 94.9 Å². The zero-order chi connectivity index (χ0) is 23.0. The molecule has 2 saturated carbocycles. The van der Waals surface area contributed by atoms with Gasteiger partial charge in [-0.1, -0.05) is 32.1 Å². The molecule has 2 aliphatic heterocycles. The summed E-state index contributed by atoms with van der Waals surface area (Å²) >= 11 is 0. The van der Waals surface area contributed by atoms with Gasteiger partial charge in [-0.3, -0.25) is 4.79 Å². The van der Waals surface area contributed by atoms with Crippen LogP contribution in [-0.2, 0) is 14.3 Å². The maximum atomic E-state index is 13.8. The number of morpholine rings is 1. The van der Waals surface area contributed by atoms with Crippen LogP contribution in [0, 0.1) is 29.1 Å². The van der Waals surface area contributed by atoms with Gasteiger partial charge in [0, 0.05) is 32.2 Å². The molecule has 2 aliphatic carbocycles. The van der Waals surface area contributed by atoms with Gasteiger partial charge in [0.05, 0.1) is 25.7 Å². The summed E-state index contributed by atoms with van der Waals surface area (Å²) in [6.45, 7) is 3.99. The summed E-state index contributed by atoms with van der Waals surface area (Å²) in [6.07, 6.45) is 9.39. The second kappa shape index (κ2) is 12.0. The number of carbonyl (C=O) groups is 2. The van der Waals surface area contributed by atoms with E-state index in [2.05, 4.69) is 11.4 Å². The van der Waals surface area contributed by atoms with Gasteiger partial charge in [-0.15, -0.1) is 0 Å². The average molecular weight is 461 g/mol. The van der Waals surface area contributed by atoms with E-state index in [0.717, 1.165) is 44.2 Å². The molecule has 0 aromatic heterocycles. The predicted octanol–water partition coefficient (Wildman–Crippen LogP) is 2.92. The summed E-state index contributed by atoms with van der Waals surface area (Å²) in [4.78, 5) is 30.2. The van der Waals surface area contributed by atoms with Crippen LogP contribution in [0.5, 0.6) is 0 Å². The van der Waals surface area contributed by atoms with Crippen LogP contribution in [0.4, 0.5) is 4.79 Å². The summed E-state index contributed by atoms with van der Waals surface area (Å²) in [5.74, 6) is 1.90. The SMILES string of the molecule is N#CCCN(C(=O)C(CC1CCC2CCCCC2C1)OC(=O)N1CCOCC1)C1CCNC1. The fourth-order valence-corrected chi connectivity index (χ4v) is 6.36. The quantitative estimate of drug-likeness (QED) is 0.628. The largest absolute Gasteiger partial charge is 0.436 e. The van der Waals surface area contributed by atoms with E-state index in [9.17, 15) is 9.59 Å². The van der Waals surface area contributed by atoms with Gasteiger partial charge in [0.25, 0.3) is 5.91 Å². The first-order valence-corrected chi connectivity index (χ1v) is 13.1. The van der Waals surface area contributed by atoms with Crippen molar-refractivity contribution >= 4 is 12.0 Å². The number of ether oxygens (including phenoxy) is 2. The van der Waals surface area contributed by atoms with E-state index in [1.165, 1.54) is 32.1 Å². The van der Waals surface area contributed by atoms with Gasteiger partial charge in [0.2, 0.25) is 0 Å². The van der Waals surface area contributed by atoms with E-state index in [0.29, 0.717) is 51.6 Å². The lowest BCUT2D eigenvalue weighted by molar-refractivity contribution is -0.144. The Hall–Kier alpha value is -1.85. The molecule has 4 fully saturated rings. The number of carbonyl (C=O) groups excluding carboxylic acids is 2. The fraction of sp³-hybridized carbons (Fsp3) is 0.880. The van der Waals surface area contributed by atoms with E-state index in [4.69, 9.17) is 14.7 Å². The molecule has 0 radical (unpaired) electrons. The maximum Gasteiger partial charge on any atom is 0.410 e. The molecule has 2 saturated heterocycles. The van der Waals surface area contributed by atoms with Crippen LogP contribution in [0.3, 0.4) is 0 Å². The zero-order valence-corrected chi connectivity index (χ0v) is 19.9. The predicted molar refractivity (Wildman–Crippen MR) is 123 cm³/mol. The Kier molecular flexibility index (Phi) is 8.85. The molecule has 8 heteroatoms. The van der Waals surface area contributed by atoms with E-state index >= 15 is 0 Å². The third-order valence-corrected chi connectivity index (χ3v) is 8.21. The highest BCUT2D eigenvalue weighted by Gasteiger charge is 2.39. The fourth-order valence-electron chi connectivity index (χ4n) is 6.36. The third-order valence-electron chi connectivity index (χ3n) is 8.21. The maximum absolute atomic E-state index is 13.8. The number of amides is 2. The first-order chi connectivity index (χ1) is 16.2. The average Bonchev–Trinajstić information content (AvgIpc) is 3.39. The van der Waals surface area contributed by atoms with Crippen LogP contribution < -0.4 is 5.32 Å². The van der Waals surface area contributed by atoms with E-state index in [-0.39, 0.29) is 11.9 Å². The normalized spacial score (nSPS) is 30.7. The summed E-state index contributed by atoms with van der Waals surface area (Å²) < 4.78 is 11.3. The molecule has 33 heavy (non-hydrogen) atoms. The van der Waals surface area contributed by atoms with Gasteiger partial charge in [0.15, 0.2) is 6.10 Å². The minimum atomic E-state index is -0.773.